The Hall–Kier alpha value is -1.33. The van der Waals surface area contributed by atoms with Crippen LogP contribution in [-0.4, -0.2) is 21.8 Å². The zero-order valence-corrected chi connectivity index (χ0v) is 12.4. The highest BCUT2D eigenvalue weighted by molar-refractivity contribution is 9.10. The second-order valence-corrected chi connectivity index (χ2v) is 5.88. The molecule has 1 N–H and O–H groups in total. The lowest BCUT2D eigenvalue weighted by Crippen LogP contribution is -2.14. The van der Waals surface area contributed by atoms with Gasteiger partial charge in [-0.05, 0) is 33.6 Å². The first kappa shape index (κ1) is 14.1. The first-order chi connectivity index (χ1) is 9.16. The van der Waals surface area contributed by atoms with Crippen molar-refractivity contribution in [2.24, 2.45) is 0 Å². The number of hydrogen-bond acceptors (Lipinski definition) is 3. The van der Waals surface area contributed by atoms with Gasteiger partial charge in [-0.15, -0.1) is 11.8 Å². The fourth-order valence-corrected chi connectivity index (χ4v) is 2.81. The van der Waals surface area contributed by atoms with Gasteiger partial charge in [0.1, 0.15) is 0 Å². The topological polar surface area (TPSA) is 50.2 Å². The summed E-state index contributed by atoms with van der Waals surface area (Å²) in [7, 11) is 0. The van der Waals surface area contributed by atoms with Gasteiger partial charge in [-0.1, -0.05) is 30.3 Å². The predicted octanol–water partition coefficient (Wildman–Crippen LogP) is 3.80. The minimum atomic E-state index is -0.809. The SMILES string of the molecule is O=C(O)C(CSc1ccc(Br)cn1)c1ccccc1. The van der Waals surface area contributed by atoms with E-state index in [0.29, 0.717) is 5.75 Å². The van der Waals surface area contributed by atoms with Crippen LogP contribution in [0.4, 0.5) is 0 Å². The van der Waals surface area contributed by atoms with E-state index in [0.717, 1.165) is 15.1 Å². The first-order valence-electron chi connectivity index (χ1n) is 5.69. The van der Waals surface area contributed by atoms with E-state index < -0.39 is 11.9 Å². The van der Waals surface area contributed by atoms with E-state index in [9.17, 15) is 9.90 Å². The maximum absolute atomic E-state index is 11.3. The van der Waals surface area contributed by atoms with Crippen LogP contribution in [-0.2, 0) is 4.79 Å². The van der Waals surface area contributed by atoms with Gasteiger partial charge in [0, 0.05) is 16.4 Å². The summed E-state index contributed by atoms with van der Waals surface area (Å²) >= 11 is 4.77. The van der Waals surface area contributed by atoms with Crippen molar-refractivity contribution >= 4 is 33.7 Å². The molecule has 0 bridgehead atoms. The second kappa shape index (κ2) is 6.73. The molecule has 1 heterocycles. The van der Waals surface area contributed by atoms with Crippen LogP contribution >= 0.6 is 27.7 Å². The number of halogens is 1. The average Bonchev–Trinajstić information content (AvgIpc) is 2.42. The minimum Gasteiger partial charge on any atom is -0.481 e. The number of benzene rings is 1. The van der Waals surface area contributed by atoms with Gasteiger partial charge in [0.25, 0.3) is 0 Å². The van der Waals surface area contributed by atoms with Crippen molar-refractivity contribution in [1.29, 1.82) is 0 Å². The van der Waals surface area contributed by atoms with Crippen molar-refractivity contribution in [3.8, 4) is 0 Å². The van der Waals surface area contributed by atoms with Crippen LogP contribution in [0, 0.1) is 0 Å². The normalized spacial score (nSPS) is 12.1. The highest BCUT2D eigenvalue weighted by atomic mass is 79.9. The van der Waals surface area contributed by atoms with Gasteiger partial charge in [0.15, 0.2) is 0 Å². The van der Waals surface area contributed by atoms with Crippen molar-refractivity contribution in [3.63, 3.8) is 0 Å². The molecule has 3 nitrogen and oxygen atoms in total. The maximum Gasteiger partial charge on any atom is 0.311 e. The Balaban J connectivity index is 2.06. The molecule has 2 rings (SSSR count). The number of rotatable bonds is 5. The van der Waals surface area contributed by atoms with E-state index in [1.54, 1.807) is 6.20 Å². The Bertz CT molecular complexity index is 545. The van der Waals surface area contributed by atoms with Crippen molar-refractivity contribution < 1.29 is 9.90 Å². The molecule has 0 saturated carbocycles. The lowest BCUT2D eigenvalue weighted by Gasteiger charge is -2.11. The highest BCUT2D eigenvalue weighted by Crippen LogP contribution is 2.26. The van der Waals surface area contributed by atoms with Crippen molar-refractivity contribution in [1.82, 2.24) is 4.98 Å². The van der Waals surface area contributed by atoms with Crippen molar-refractivity contribution in [2.75, 3.05) is 5.75 Å². The van der Waals surface area contributed by atoms with Gasteiger partial charge < -0.3 is 5.11 Å². The molecule has 19 heavy (non-hydrogen) atoms. The summed E-state index contributed by atoms with van der Waals surface area (Å²) < 4.78 is 0.912. The van der Waals surface area contributed by atoms with E-state index >= 15 is 0 Å². The summed E-state index contributed by atoms with van der Waals surface area (Å²) in [5, 5.41) is 10.1. The van der Waals surface area contributed by atoms with E-state index in [1.807, 2.05) is 42.5 Å². The molecule has 0 fully saturated rings. The van der Waals surface area contributed by atoms with Crippen LogP contribution in [0.25, 0.3) is 0 Å². The Labute approximate surface area is 124 Å². The number of thioether (sulfide) groups is 1. The fraction of sp³-hybridized carbons (Fsp3) is 0.143. The van der Waals surface area contributed by atoms with Crippen LogP contribution in [0.3, 0.4) is 0 Å². The number of carboxylic acid groups (broad SMARTS) is 1. The number of aliphatic carboxylic acids is 1. The van der Waals surface area contributed by atoms with Gasteiger partial charge >= 0.3 is 5.97 Å². The first-order valence-corrected chi connectivity index (χ1v) is 7.47. The molecule has 0 aliphatic heterocycles. The molecule has 1 aromatic heterocycles. The van der Waals surface area contributed by atoms with Crippen LogP contribution in [0.5, 0.6) is 0 Å². The average molecular weight is 338 g/mol. The van der Waals surface area contributed by atoms with Crippen LogP contribution < -0.4 is 0 Å². The quantitative estimate of drug-likeness (QED) is 0.843. The van der Waals surface area contributed by atoms with E-state index in [-0.39, 0.29) is 0 Å². The molecule has 1 unspecified atom stereocenters. The minimum absolute atomic E-state index is 0.466. The number of hydrogen-bond donors (Lipinski definition) is 1. The molecule has 0 aliphatic rings. The summed E-state index contributed by atoms with van der Waals surface area (Å²) in [6, 6.07) is 13.0. The van der Waals surface area contributed by atoms with Gasteiger partial charge in [-0.2, -0.15) is 0 Å². The molecule has 0 amide bonds. The molecule has 0 aliphatic carbocycles. The zero-order chi connectivity index (χ0) is 13.7. The van der Waals surface area contributed by atoms with Crippen LogP contribution in [0.15, 0.2) is 58.2 Å². The fourth-order valence-electron chi connectivity index (χ4n) is 1.61. The lowest BCUT2D eigenvalue weighted by molar-refractivity contribution is -0.138. The van der Waals surface area contributed by atoms with Gasteiger partial charge in [-0.25, -0.2) is 4.98 Å². The molecule has 1 aromatic carbocycles. The third kappa shape index (κ3) is 4.08. The number of carbonyl (C=O) groups is 1. The lowest BCUT2D eigenvalue weighted by atomic mass is 10.0. The summed E-state index contributed by atoms with van der Waals surface area (Å²) in [5.74, 6) is -0.860. The van der Waals surface area contributed by atoms with Gasteiger partial charge in [0.05, 0.1) is 10.9 Å². The molecule has 0 spiro atoms. The molecular formula is C14H12BrNO2S. The van der Waals surface area contributed by atoms with Gasteiger partial charge in [0.2, 0.25) is 0 Å². The molecule has 2 aromatic rings. The summed E-state index contributed by atoms with van der Waals surface area (Å²) in [4.78, 5) is 15.6. The third-order valence-electron chi connectivity index (χ3n) is 2.60. The molecule has 98 valence electrons. The maximum atomic E-state index is 11.3. The monoisotopic (exact) mass is 337 g/mol. The molecule has 1 atom stereocenters. The largest absolute Gasteiger partial charge is 0.481 e. The Kier molecular flexibility index (Phi) is 4.99. The standard InChI is InChI=1S/C14H12BrNO2S/c15-11-6-7-13(16-8-11)19-9-12(14(17)18)10-4-2-1-3-5-10/h1-8,12H,9H2,(H,17,18). The van der Waals surface area contributed by atoms with E-state index in [1.165, 1.54) is 11.8 Å². The second-order valence-electron chi connectivity index (χ2n) is 3.93. The number of pyridine rings is 1. The van der Waals surface area contributed by atoms with Gasteiger partial charge in [-0.3, -0.25) is 4.79 Å². The molecule has 0 saturated heterocycles. The number of nitrogens with zero attached hydrogens (tertiary/aromatic N) is 1. The van der Waals surface area contributed by atoms with Crippen LogP contribution in [0.2, 0.25) is 0 Å². The van der Waals surface area contributed by atoms with Crippen molar-refractivity contribution in [3.05, 3.63) is 58.7 Å². The highest BCUT2D eigenvalue weighted by Gasteiger charge is 2.19. The summed E-state index contributed by atoms with van der Waals surface area (Å²) in [6.45, 7) is 0. The number of carboxylic acids is 1. The third-order valence-corrected chi connectivity index (χ3v) is 4.10. The van der Waals surface area contributed by atoms with Crippen molar-refractivity contribution in [2.45, 2.75) is 10.9 Å². The summed E-state index contributed by atoms with van der Waals surface area (Å²) in [6.07, 6.45) is 1.71. The van der Waals surface area contributed by atoms with E-state index in [4.69, 9.17) is 0 Å². The molecule has 5 heteroatoms. The Morgan fingerprint density at radius 3 is 2.58 bits per heavy atom. The Morgan fingerprint density at radius 1 is 1.26 bits per heavy atom. The predicted molar refractivity (Wildman–Crippen MR) is 79.5 cm³/mol. The van der Waals surface area contributed by atoms with Crippen LogP contribution in [0.1, 0.15) is 11.5 Å². The number of aromatic nitrogens is 1. The molecular weight excluding hydrogens is 326 g/mol. The zero-order valence-electron chi connectivity index (χ0n) is 9.99. The Morgan fingerprint density at radius 2 is 2.00 bits per heavy atom. The summed E-state index contributed by atoms with van der Waals surface area (Å²) in [5.41, 5.74) is 0.819. The molecule has 0 radical (unpaired) electrons. The van der Waals surface area contributed by atoms with E-state index in [2.05, 4.69) is 20.9 Å². The smallest absolute Gasteiger partial charge is 0.311 e.